The molecule has 0 aromatic carbocycles. The molecule has 1 rings (SSSR count). The average Bonchev–Trinajstić information content (AvgIpc) is 2.17. The lowest BCUT2D eigenvalue weighted by molar-refractivity contribution is 0.0432. The first-order valence-electron chi connectivity index (χ1n) is 5.19. The summed E-state index contributed by atoms with van der Waals surface area (Å²) in [5.74, 6) is 0.0577. The summed E-state index contributed by atoms with van der Waals surface area (Å²) < 4.78 is 26.7. The van der Waals surface area contributed by atoms with Crippen LogP contribution in [0.2, 0.25) is 0 Å². The highest BCUT2D eigenvalue weighted by molar-refractivity contribution is 8.13. The molecular formula is C9H18ClNO3S. The number of rotatable bonds is 5. The number of nitrogens with zero attached hydrogens (tertiary/aromatic N) is 1. The first kappa shape index (κ1) is 13.2. The Morgan fingerprint density at radius 1 is 1.40 bits per heavy atom. The molecule has 0 unspecified atom stereocenters. The highest BCUT2D eigenvalue weighted by atomic mass is 35.7. The van der Waals surface area contributed by atoms with Crippen LogP contribution in [-0.4, -0.2) is 51.9 Å². The fourth-order valence-corrected chi connectivity index (χ4v) is 2.60. The van der Waals surface area contributed by atoms with E-state index in [4.69, 9.17) is 15.4 Å². The molecule has 0 radical (unpaired) electrons. The zero-order valence-corrected chi connectivity index (χ0v) is 10.6. The summed E-state index contributed by atoms with van der Waals surface area (Å²) in [5.41, 5.74) is 0. The van der Waals surface area contributed by atoms with Crippen molar-refractivity contribution in [1.82, 2.24) is 4.90 Å². The largest absolute Gasteiger partial charge is 0.381 e. The molecule has 0 aliphatic carbocycles. The molecule has 4 nitrogen and oxygen atoms in total. The third-order valence-corrected chi connectivity index (χ3v) is 3.95. The molecule has 0 aromatic rings. The minimum atomic E-state index is -3.33. The zero-order chi connectivity index (χ0) is 11.3. The average molecular weight is 256 g/mol. The maximum atomic E-state index is 10.7. The molecule has 6 heteroatoms. The first-order valence-corrected chi connectivity index (χ1v) is 7.67. The monoisotopic (exact) mass is 255 g/mol. The van der Waals surface area contributed by atoms with Gasteiger partial charge in [-0.15, -0.1) is 0 Å². The number of hydrogen-bond donors (Lipinski definition) is 0. The van der Waals surface area contributed by atoms with E-state index in [1.807, 2.05) is 7.05 Å². The van der Waals surface area contributed by atoms with E-state index in [1.54, 1.807) is 0 Å². The van der Waals surface area contributed by atoms with Crippen molar-refractivity contribution in [2.45, 2.75) is 25.3 Å². The molecule has 0 amide bonds. The fraction of sp³-hybridized carbons (Fsp3) is 1.00. The Morgan fingerprint density at radius 3 is 2.53 bits per heavy atom. The van der Waals surface area contributed by atoms with Crippen molar-refractivity contribution in [2.24, 2.45) is 0 Å². The van der Waals surface area contributed by atoms with Gasteiger partial charge in [-0.1, -0.05) is 0 Å². The first-order chi connectivity index (χ1) is 6.99. The van der Waals surface area contributed by atoms with Crippen molar-refractivity contribution in [3.05, 3.63) is 0 Å². The molecule has 1 heterocycles. The Balaban J connectivity index is 2.20. The molecule has 0 bridgehead atoms. The summed E-state index contributed by atoms with van der Waals surface area (Å²) in [6.45, 7) is 2.39. The summed E-state index contributed by atoms with van der Waals surface area (Å²) in [5, 5.41) is 0. The second-order valence-electron chi connectivity index (χ2n) is 3.92. The SMILES string of the molecule is CN(CCCS(=O)(=O)Cl)C1CCOCC1. The van der Waals surface area contributed by atoms with Gasteiger partial charge >= 0.3 is 0 Å². The van der Waals surface area contributed by atoms with Gasteiger partial charge in [0.2, 0.25) is 9.05 Å². The Kier molecular flexibility index (Phi) is 5.32. The predicted octanol–water partition coefficient (Wildman–Crippen LogP) is 1.06. The molecule has 0 N–H and O–H groups in total. The van der Waals surface area contributed by atoms with E-state index in [0.717, 1.165) is 32.6 Å². The van der Waals surface area contributed by atoms with Gasteiger partial charge in [0.05, 0.1) is 5.75 Å². The van der Waals surface area contributed by atoms with E-state index < -0.39 is 9.05 Å². The Labute approximate surface area is 96.0 Å². The topological polar surface area (TPSA) is 46.6 Å². The van der Waals surface area contributed by atoms with Gasteiger partial charge in [0.1, 0.15) is 0 Å². The van der Waals surface area contributed by atoms with Gasteiger partial charge < -0.3 is 9.64 Å². The smallest absolute Gasteiger partial charge is 0.232 e. The highest BCUT2D eigenvalue weighted by Crippen LogP contribution is 2.13. The van der Waals surface area contributed by atoms with E-state index in [2.05, 4.69) is 4.90 Å². The molecule has 1 saturated heterocycles. The molecule has 0 saturated carbocycles. The minimum absolute atomic E-state index is 0.0577. The van der Waals surface area contributed by atoms with Crippen LogP contribution in [0.5, 0.6) is 0 Å². The summed E-state index contributed by atoms with van der Waals surface area (Å²) in [7, 11) is 3.83. The Bertz CT molecular complexity index is 275. The van der Waals surface area contributed by atoms with Crippen molar-refractivity contribution in [3.8, 4) is 0 Å². The second-order valence-corrected chi connectivity index (χ2v) is 6.82. The lowest BCUT2D eigenvalue weighted by atomic mass is 10.1. The van der Waals surface area contributed by atoms with Gasteiger partial charge in [-0.2, -0.15) is 0 Å². The van der Waals surface area contributed by atoms with Crippen LogP contribution >= 0.6 is 10.7 Å². The number of ether oxygens (including phenoxy) is 1. The van der Waals surface area contributed by atoms with Crippen LogP contribution in [0.1, 0.15) is 19.3 Å². The molecule has 0 atom stereocenters. The van der Waals surface area contributed by atoms with Crippen LogP contribution in [0.3, 0.4) is 0 Å². The maximum Gasteiger partial charge on any atom is 0.232 e. The minimum Gasteiger partial charge on any atom is -0.381 e. The predicted molar refractivity (Wildman–Crippen MR) is 60.7 cm³/mol. The summed E-state index contributed by atoms with van der Waals surface area (Å²) in [6, 6.07) is 0.525. The van der Waals surface area contributed by atoms with Crippen LogP contribution in [0.15, 0.2) is 0 Å². The third-order valence-electron chi connectivity index (χ3n) is 2.71. The van der Waals surface area contributed by atoms with Crippen molar-refractivity contribution in [2.75, 3.05) is 32.6 Å². The normalized spacial score (nSPS) is 19.7. The standard InChI is InChI=1S/C9H18ClNO3S/c1-11(5-2-8-15(10,12)13)9-3-6-14-7-4-9/h9H,2-8H2,1H3. The van der Waals surface area contributed by atoms with E-state index in [1.165, 1.54) is 0 Å². The lowest BCUT2D eigenvalue weighted by Gasteiger charge is -2.30. The summed E-state index contributed by atoms with van der Waals surface area (Å²) >= 11 is 0. The molecular weight excluding hydrogens is 238 g/mol. The second kappa shape index (κ2) is 6.03. The lowest BCUT2D eigenvalue weighted by Crippen LogP contribution is -2.37. The van der Waals surface area contributed by atoms with Crippen molar-refractivity contribution in [3.63, 3.8) is 0 Å². The van der Waals surface area contributed by atoms with Gasteiger partial charge in [0.15, 0.2) is 0 Å². The van der Waals surface area contributed by atoms with Crippen molar-refractivity contribution < 1.29 is 13.2 Å². The number of halogens is 1. The Hall–Kier alpha value is 0.160. The van der Waals surface area contributed by atoms with Crippen LogP contribution in [0, 0.1) is 0 Å². The molecule has 0 aromatic heterocycles. The number of hydrogen-bond acceptors (Lipinski definition) is 4. The molecule has 1 fully saturated rings. The Morgan fingerprint density at radius 2 is 2.00 bits per heavy atom. The van der Waals surface area contributed by atoms with Gasteiger partial charge in [-0.25, -0.2) is 8.42 Å². The van der Waals surface area contributed by atoms with Crippen LogP contribution in [-0.2, 0) is 13.8 Å². The molecule has 90 valence electrons. The van der Waals surface area contributed by atoms with E-state index in [9.17, 15) is 8.42 Å². The van der Waals surface area contributed by atoms with Crippen LogP contribution < -0.4 is 0 Å². The van der Waals surface area contributed by atoms with Gasteiger partial charge in [0, 0.05) is 29.9 Å². The quantitative estimate of drug-likeness (QED) is 0.689. The fourth-order valence-electron chi connectivity index (χ4n) is 1.79. The van der Waals surface area contributed by atoms with Gasteiger partial charge in [0.25, 0.3) is 0 Å². The van der Waals surface area contributed by atoms with Gasteiger partial charge in [-0.05, 0) is 32.9 Å². The van der Waals surface area contributed by atoms with Crippen LogP contribution in [0.25, 0.3) is 0 Å². The van der Waals surface area contributed by atoms with Crippen molar-refractivity contribution in [1.29, 1.82) is 0 Å². The van der Waals surface area contributed by atoms with E-state index >= 15 is 0 Å². The van der Waals surface area contributed by atoms with Gasteiger partial charge in [-0.3, -0.25) is 0 Å². The van der Waals surface area contributed by atoms with Crippen molar-refractivity contribution >= 4 is 19.7 Å². The van der Waals surface area contributed by atoms with E-state index in [0.29, 0.717) is 12.5 Å². The van der Waals surface area contributed by atoms with Crippen LogP contribution in [0.4, 0.5) is 0 Å². The highest BCUT2D eigenvalue weighted by Gasteiger charge is 2.18. The molecule has 0 spiro atoms. The third kappa shape index (κ3) is 5.70. The zero-order valence-electron chi connectivity index (χ0n) is 8.99. The summed E-state index contributed by atoms with van der Waals surface area (Å²) in [6.07, 6.45) is 2.66. The van der Waals surface area contributed by atoms with E-state index in [-0.39, 0.29) is 5.75 Å². The molecule has 1 aliphatic rings. The molecule has 15 heavy (non-hydrogen) atoms. The molecule has 1 aliphatic heterocycles. The maximum absolute atomic E-state index is 10.7. The summed E-state index contributed by atoms with van der Waals surface area (Å²) in [4.78, 5) is 2.20.